The van der Waals surface area contributed by atoms with E-state index in [4.69, 9.17) is 14.2 Å². The molecule has 0 aromatic rings. The maximum atomic E-state index is 11.7. The van der Waals surface area contributed by atoms with E-state index in [-0.39, 0.29) is 26.1 Å². The second-order valence-corrected chi connectivity index (χ2v) is 4.18. The molecule has 1 saturated heterocycles. The van der Waals surface area contributed by atoms with Crippen molar-refractivity contribution in [3.8, 4) is 0 Å². The lowest BCUT2D eigenvalue weighted by Gasteiger charge is -2.42. The van der Waals surface area contributed by atoms with Gasteiger partial charge in [0.15, 0.2) is 5.60 Å². The number of carbonyl (C=O) groups is 2. The second-order valence-electron chi connectivity index (χ2n) is 4.18. The van der Waals surface area contributed by atoms with Crippen LogP contribution in [0.4, 0.5) is 4.79 Å². The van der Waals surface area contributed by atoms with Gasteiger partial charge in [0.05, 0.1) is 6.54 Å². The first-order valence-corrected chi connectivity index (χ1v) is 5.85. The molecule has 0 bridgehead atoms. The summed E-state index contributed by atoms with van der Waals surface area (Å²) in [5, 5.41) is 9.30. The molecular weight excluding hydrogens is 254 g/mol. The smallest absolute Gasteiger partial charge is 0.410 e. The number of aliphatic carboxylic acids is 1. The number of nitrogens with zero attached hydrogens (tertiary/aromatic N) is 1. The zero-order valence-electron chi connectivity index (χ0n) is 11.1. The highest BCUT2D eigenvalue weighted by Crippen LogP contribution is 2.29. The third-order valence-electron chi connectivity index (χ3n) is 3.25. The maximum Gasteiger partial charge on any atom is 0.410 e. The number of piperidine rings is 1. The van der Waals surface area contributed by atoms with Crippen molar-refractivity contribution in [1.29, 1.82) is 0 Å². The molecule has 1 rings (SSSR count). The van der Waals surface area contributed by atoms with Gasteiger partial charge in [-0.05, 0) is 0 Å². The number of carboxylic acid groups (broad SMARTS) is 1. The van der Waals surface area contributed by atoms with Gasteiger partial charge in [0, 0.05) is 27.2 Å². The van der Waals surface area contributed by atoms with E-state index < -0.39 is 23.8 Å². The summed E-state index contributed by atoms with van der Waals surface area (Å²) < 4.78 is 15.2. The third kappa shape index (κ3) is 3.05. The highest BCUT2D eigenvalue weighted by Gasteiger charge is 2.51. The number of hydrogen-bond acceptors (Lipinski definition) is 5. The molecule has 1 aliphatic rings. The van der Waals surface area contributed by atoms with Crippen LogP contribution in [0.3, 0.4) is 0 Å². The van der Waals surface area contributed by atoms with Gasteiger partial charge in [-0.15, -0.1) is 0 Å². The number of amides is 1. The fourth-order valence-electron chi connectivity index (χ4n) is 2.12. The summed E-state index contributed by atoms with van der Waals surface area (Å²) in [6, 6.07) is 0. The number of methoxy groups -OCH3 is 2. The highest BCUT2D eigenvalue weighted by atomic mass is 16.6. The molecule has 0 aromatic carbocycles. The minimum atomic E-state index is -1.43. The summed E-state index contributed by atoms with van der Waals surface area (Å²) in [6.07, 6.45) is 0.337. The molecule has 108 valence electrons. The van der Waals surface area contributed by atoms with Crippen LogP contribution in [0.1, 0.15) is 6.42 Å². The molecule has 1 N–H and O–H groups in total. The van der Waals surface area contributed by atoms with Gasteiger partial charge in [0.25, 0.3) is 0 Å². The topological polar surface area (TPSA) is 85.3 Å². The lowest BCUT2D eigenvalue weighted by atomic mass is 9.88. The second kappa shape index (κ2) is 6.53. The van der Waals surface area contributed by atoms with Crippen LogP contribution in [-0.4, -0.2) is 67.7 Å². The van der Waals surface area contributed by atoms with Gasteiger partial charge >= 0.3 is 12.1 Å². The minimum absolute atomic E-state index is 0.104. The molecule has 0 radical (unpaired) electrons. The van der Waals surface area contributed by atoms with Crippen LogP contribution in [-0.2, 0) is 19.0 Å². The minimum Gasteiger partial charge on any atom is -0.479 e. The molecule has 0 unspecified atom stereocenters. The first-order chi connectivity index (χ1) is 9.01. The Morgan fingerprint density at radius 1 is 1.53 bits per heavy atom. The Hall–Kier alpha value is -1.60. The Bertz CT molecular complexity index is 358. The monoisotopic (exact) mass is 273 g/mol. The average Bonchev–Trinajstić information content (AvgIpc) is 2.43. The predicted molar refractivity (Wildman–Crippen MR) is 65.9 cm³/mol. The SMILES string of the molecule is C=CCOC(=O)N1CC[C@@](OC)(C(=O)O)[C@H](OC)C1. The number of carboxylic acids is 1. The van der Waals surface area contributed by atoms with E-state index in [1.54, 1.807) is 0 Å². The zero-order valence-corrected chi connectivity index (χ0v) is 11.1. The summed E-state index contributed by atoms with van der Waals surface area (Å²) >= 11 is 0. The molecule has 0 saturated carbocycles. The first kappa shape index (κ1) is 15.5. The number of likely N-dealkylation sites (tertiary alicyclic amines) is 1. The van der Waals surface area contributed by atoms with Gasteiger partial charge in [0.2, 0.25) is 0 Å². The Labute approximate surface area is 111 Å². The number of hydrogen-bond donors (Lipinski definition) is 1. The van der Waals surface area contributed by atoms with Crippen LogP contribution < -0.4 is 0 Å². The summed E-state index contributed by atoms with van der Waals surface area (Å²) in [5.74, 6) is -1.10. The Morgan fingerprint density at radius 3 is 2.68 bits per heavy atom. The molecule has 7 heteroatoms. The van der Waals surface area contributed by atoms with Gasteiger partial charge in [0.1, 0.15) is 12.7 Å². The van der Waals surface area contributed by atoms with Crippen molar-refractivity contribution in [2.45, 2.75) is 18.1 Å². The standard InChI is InChI=1S/C12H19NO6/c1-4-7-19-11(16)13-6-5-12(18-3,10(14)15)9(8-13)17-2/h4,9H,1,5-8H2,2-3H3,(H,14,15)/t9-,12+/m1/s1. The molecule has 0 aromatic heterocycles. The summed E-state index contributed by atoms with van der Waals surface area (Å²) in [7, 11) is 2.71. The Balaban J connectivity index is 2.77. The number of rotatable bonds is 5. The van der Waals surface area contributed by atoms with Crippen molar-refractivity contribution < 1.29 is 28.9 Å². The maximum absolute atomic E-state index is 11.7. The lowest BCUT2D eigenvalue weighted by Crippen LogP contribution is -2.62. The third-order valence-corrected chi connectivity index (χ3v) is 3.25. The van der Waals surface area contributed by atoms with Crippen LogP contribution in [0.15, 0.2) is 12.7 Å². The van der Waals surface area contributed by atoms with Crippen LogP contribution in [0, 0.1) is 0 Å². The van der Waals surface area contributed by atoms with E-state index in [0.717, 1.165) is 0 Å². The largest absolute Gasteiger partial charge is 0.479 e. The average molecular weight is 273 g/mol. The molecule has 7 nitrogen and oxygen atoms in total. The first-order valence-electron chi connectivity index (χ1n) is 5.85. The van der Waals surface area contributed by atoms with Gasteiger partial charge in [-0.3, -0.25) is 0 Å². The molecular formula is C12H19NO6. The van der Waals surface area contributed by atoms with Crippen LogP contribution in [0.5, 0.6) is 0 Å². The van der Waals surface area contributed by atoms with Crippen molar-refractivity contribution in [3.05, 3.63) is 12.7 Å². The molecule has 1 heterocycles. The van der Waals surface area contributed by atoms with E-state index >= 15 is 0 Å². The molecule has 1 amide bonds. The highest BCUT2D eigenvalue weighted by molar-refractivity contribution is 5.79. The predicted octanol–water partition coefficient (Wildman–Crippen LogP) is 0.500. The fraction of sp³-hybridized carbons (Fsp3) is 0.667. The van der Waals surface area contributed by atoms with Crippen molar-refractivity contribution in [2.24, 2.45) is 0 Å². The number of carbonyl (C=O) groups excluding carboxylic acids is 1. The molecule has 0 spiro atoms. The Morgan fingerprint density at radius 2 is 2.21 bits per heavy atom. The van der Waals surface area contributed by atoms with E-state index in [9.17, 15) is 14.7 Å². The summed E-state index contributed by atoms with van der Waals surface area (Å²) in [6.45, 7) is 3.90. The molecule has 0 aliphatic carbocycles. The van der Waals surface area contributed by atoms with Crippen molar-refractivity contribution in [1.82, 2.24) is 4.90 Å². The zero-order chi connectivity index (χ0) is 14.5. The summed E-state index contributed by atoms with van der Waals surface area (Å²) in [4.78, 5) is 24.5. The quantitative estimate of drug-likeness (QED) is 0.734. The fourth-order valence-corrected chi connectivity index (χ4v) is 2.12. The van der Waals surface area contributed by atoms with Crippen LogP contribution >= 0.6 is 0 Å². The van der Waals surface area contributed by atoms with Crippen molar-refractivity contribution in [3.63, 3.8) is 0 Å². The Kier molecular flexibility index (Phi) is 5.31. The van der Waals surface area contributed by atoms with Gasteiger partial charge in [-0.2, -0.15) is 0 Å². The van der Waals surface area contributed by atoms with E-state index in [1.165, 1.54) is 25.2 Å². The normalized spacial score (nSPS) is 26.8. The lowest BCUT2D eigenvalue weighted by molar-refractivity contribution is -0.191. The van der Waals surface area contributed by atoms with E-state index in [1.807, 2.05) is 0 Å². The van der Waals surface area contributed by atoms with Gasteiger partial charge in [-0.25, -0.2) is 9.59 Å². The molecule has 19 heavy (non-hydrogen) atoms. The molecule has 1 fully saturated rings. The van der Waals surface area contributed by atoms with E-state index in [2.05, 4.69) is 6.58 Å². The van der Waals surface area contributed by atoms with Gasteiger partial charge in [-0.1, -0.05) is 12.7 Å². The van der Waals surface area contributed by atoms with Crippen molar-refractivity contribution >= 4 is 12.1 Å². The van der Waals surface area contributed by atoms with Crippen molar-refractivity contribution in [2.75, 3.05) is 33.9 Å². The van der Waals surface area contributed by atoms with Gasteiger partial charge < -0.3 is 24.2 Å². The molecule has 2 atom stereocenters. The van der Waals surface area contributed by atoms with Crippen LogP contribution in [0.2, 0.25) is 0 Å². The van der Waals surface area contributed by atoms with E-state index in [0.29, 0.717) is 0 Å². The number of ether oxygens (including phenoxy) is 3. The summed E-state index contributed by atoms with van der Waals surface area (Å²) in [5.41, 5.74) is -1.43. The molecule has 1 aliphatic heterocycles. The van der Waals surface area contributed by atoms with Crippen LogP contribution in [0.25, 0.3) is 0 Å².